The molecule has 0 amide bonds. The van der Waals surface area contributed by atoms with E-state index in [0.29, 0.717) is 6.61 Å². The Hall–Kier alpha value is -0.160. The van der Waals surface area contributed by atoms with Crippen LogP contribution in [0.25, 0.3) is 0 Å². The van der Waals surface area contributed by atoms with E-state index in [1.54, 1.807) is 0 Å². The van der Waals surface area contributed by atoms with Gasteiger partial charge < -0.3 is 10.0 Å². The zero-order valence-corrected chi connectivity index (χ0v) is 10.3. The number of nitrogens with zero attached hydrogens (tertiary/aromatic N) is 3. The molecule has 0 aromatic carbocycles. The van der Waals surface area contributed by atoms with Gasteiger partial charge in [-0.05, 0) is 32.4 Å². The summed E-state index contributed by atoms with van der Waals surface area (Å²) in [5.41, 5.74) is 0. The van der Waals surface area contributed by atoms with Gasteiger partial charge in [-0.3, -0.25) is 9.80 Å². The SMILES string of the molecule is OCCCN1CCN(CCN2CCCC2)C1. The second-order valence-corrected chi connectivity index (χ2v) is 5.00. The Morgan fingerprint density at radius 1 is 0.750 bits per heavy atom. The quantitative estimate of drug-likeness (QED) is 0.694. The zero-order valence-electron chi connectivity index (χ0n) is 10.3. The zero-order chi connectivity index (χ0) is 11.2. The van der Waals surface area contributed by atoms with Crippen LogP contribution in [0.15, 0.2) is 0 Å². The molecule has 2 saturated heterocycles. The van der Waals surface area contributed by atoms with Crippen molar-refractivity contribution in [2.75, 3.05) is 59.1 Å². The van der Waals surface area contributed by atoms with Crippen LogP contribution in [0.5, 0.6) is 0 Å². The van der Waals surface area contributed by atoms with Gasteiger partial charge in [-0.2, -0.15) is 0 Å². The van der Waals surface area contributed by atoms with Crippen molar-refractivity contribution < 1.29 is 5.11 Å². The third kappa shape index (κ3) is 3.70. The molecule has 4 nitrogen and oxygen atoms in total. The highest BCUT2D eigenvalue weighted by molar-refractivity contribution is 4.74. The fourth-order valence-corrected chi connectivity index (χ4v) is 2.66. The Kier molecular flexibility index (Phi) is 5.03. The molecule has 0 aromatic heterocycles. The van der Waals surface area contributed by atoms with Crippen molar-refractivity contribution in [1.82, 2.24) is 14.7 Å². The molecule has 0 aliphatic carbocycles. The first kappa shape index (κ1) is 12.3. The molecule has 94 valence electrons. The first-order valence-electron chi connectivity index (χ1n) is 6.66. The van der Waals surface area contributed by atoms with Crippen molar-refractivity contribution >= 4 is 0 Å². The Labute approximate surface area is 98.8 Å². The maximum Gasteiger partial charge on any atom is 0.0507 e. The molecule has 2 fully saturated rings. The molecule has 0 radical (unpaired) electrons. The molecule has 0 atom stereocenters. The van der Waals surface area contributed by atoms with Gasteiger partial charge in [0.2, 0.25) is 0 Å². The van der Waals surface area contributed by atoms with E-state index in [1.165, 1.54) is 52.1 Å². The summed E-state index contributed by atoms with van der Waals surface area (Å²) in [6.07, 6.45) is 3.70. The number of hydrogen-bond acceptors (Lipinski definition) is 4. The predicted molar refractivity (Wildman–Crippen MR) is 65.4 cm³/mol. The summed E-state index contributed by atoms with van der Waals surface area (Å²) in [6.45, 7) is 9.95. The monoisotopic (exact) mass is 227 g/mol. The van der Waals surface area contributed by atoms with Gasteiger partial charge in [0, 0.05) is 39.3 Å². The van der Waals surface area contributed by atoms with Crippen LogP contribution in [0.1, 0.15) is 19.3 Å². The van der Waals surface area contributed by atoms with Crippen LogP contribution >= 0.6 is 0 Å². The van der Waals surface area contributed by atoms with Crippen LogP contribution in [0.3, 0.4) is 0 Å². The highest BCUT2D eigenvalue weighted by Crippen LogP contribution is 2.09. The second-order valence-electron chi connectivity index (χ2n) is 5.00. The lowest BCUT2D eigenvalue weighted by Crippen LogP contribution is -2.34. The molecular formula is C12H25N3O. The smallest absolute Gasteiger partial charge is 0.0507 e. The second kappa shape index (κ2) is 6.55. The average molecular weight is 227 g/mol. The van der Waals surface area contributed by atoms with Crippen LogP contribution < -0.4 is 0 Å². The van der Waals surface area contributed by atoms with Crippen molar-refractivity contribution in [2.24, 2.45) is 0 Å². The van der Waals surface area contributed by atoms with E-state index < -0.39 is 0 Å². The minimum atomic E-state index is 0.324. The first-order valence-corrected chi connectivity index (χ1v) is 6.66. The maximum atomic E-state index is 8.79. The van der Waals surface area contributed by atoms with Gasteiger partial charge in [0.15, 0.2) is 0 Å². The molecule has 2 rings (SSSR count). The predicted octanol–water partition coefficient (Wildman–Crippen LogP) is 0.0397. The van der Waals surface area contributed by atoms with Crippen molar-refractivity contribution in [3.05, 3.63) is 0 Å². The first-order chi connectivity index (χ1) is 7.88. The molecular weight excluding hydrogens is 202 g/mol. The van der Waals surface area contributed by atoms with Crippen LogP contribution in [-0.2, 0) is 0 Å². The van der Waals surface area contributed by atoms with E-state index in [2.05, 4.69) is 14.7 Å². The van der Waals surface area contributed by atoms with Crippen molar-refractivity contribution in [1.29, 1.82) is 0 Å². The molecule has 2 heterocycles. The van der Waals surface area contributed by atoms with E-state index in [9.17, 15) is 0 Å². The lowest BCUT2D eigenvalue weighted by Gasteiger charge is -2.21. The average Bonchev–Trinajstić information content (AvgIpc) is 2.95. The summed E-state index contributed by atoms with van der Waals surface area (Å²) in [7, 11) is 0. The molecule has 0 spiro atoms. The van der Waals surface area contributed by atoms with Gasteiger partial charge in [-0.1, -0.05) is 0 Å². The normalized spacial score (nSPS) is 24.6. The van der Waals surface area contributed by atoms with Gasteiger partial charge in [0.1, 0.15) is 0 Å². The van der Waals surface area contributed by atoms with Crippen LogP contribution in [0.4, 0.5) is 0 Å². The molecule has 4 heteroatoms. The van der Waals surface area contributed by atoms with E-state index >= 15 is 0 Å². The Morgan fingerprint density at radius 2 is 1.38 bits per heavy atom. The van der Waals surface area contributed by atoms with E-state index in [-0.39, 0.29) is 0 Å². The molecule has 16 heavy (non-hydrogen) atoms. The number of aliphatic hydroxyl groups excluding tert-OH is 1. The summed E-state index contributed by atoms with van der Waals surface area (Å²) in [6, 6.07) is 0. The van der Waals surface area contributed by atoms with Gasteiger partial charge >= 0.3 is 0 Å². The molecule has 0 saturated carbocycles. The standard InChI is InChI=1S/C12H25N3O/c16-11-3-6-14-9-10-15(12-14)8-7-13-4-1-2-5-13/h16H,1-12H2. The minimum Gasteiger partial charge on any atom is -0.396 e. The number of aliphatic hydroxyl groups is 1. The Bertz CT molecular complexity index is 195. The van der Waals surface area contributed by atoms with E-state index in [4.69, 9.17) is 5.11 Å². The maximum absolute atomic E-state index is 8.79. The molecule has 1 N–H and O–H groups in total. The Morgan fingerprint density at radius 3 is 2.06 bits per heavy atom. The topological polar surface area (TPSA) is 30.0 Å². The fraction of sp³-hybridized carbons (Fsp3) is 1.00. The van der Waals surface area contributed by atoms with Crippen LogP contribution in [-0.4, -0.2) is 78.9 Å². The highest BCUT2D eigenvalue weighted by Gasteiger charge is 2.20. The summed E-state index contributed by atoms with van der Waals surface area (Å²) < 4.78 is 0. The highest BCUT2D eigenvalue weighted by atomic mass is 16.3. The van der Waals surface area contributed by atoms with Gasteiger partial charge in [-0.15, -0.1) is 0 Å². The molecule has 0 aromatic rings. The number of likely N-dealkylation sites (tertiary alicyclic amines) is 1. The largest absolute Gasteiger partial charge is 0.396 e. The van der Waals surface area contributed by atoms with Crippen molar-refractivity contribution in [2.45, 2.75) is 19.3 Å². The summed E-state index contributed by atoms with van der Waals surface area (Å²) in [4.78, 5) is 7.56. The van der Waals surface area contributed by atoms with Crippen molar-refractivity contribution in [3.63, 3.8) is 0 Å². The third-order valence-electron chi connectivity index (χ3n) is 3.70. The van der Waals surface area contributed by atoms with Crippen molar-refractivity contribution in [3.8, 4) is 0 Å². The molecule has 0 unspecified atom stereocenters. The van der Waals surface area contributed by atoms with Gasteiger partial charge in [0.25, 0.3) is 0 Å². The lowest BCUT2D eigenvalue weighted by molar-refractivity contribution is 0.201. The molecule has 2 aliphatic rings. The summed E-state index contributed by atoms with van der Waals surface area (Å²) >= 11 is 0. The van der Waals surface area contributed by atoms with Crippen LogP contribution in [0, 0.1) is 0 Å². The number of hydrogen-bond donors (Lipinski definition) is 1. The van der Waals surface area contributed by atoms with Gasteiger partial charge in [0.05, 0.1) is 6.67 Å². The Balaban J connectivity index is 1.57. The lowest BCUT2D eigenvalue weighted by atomic mass is 10.4. The minimum absolute atomic E-state index is 0.324. The van der Waals surface area contributed by atoms with Crippen LogP contribution in [0.2, 0.25) is 0 Å². The van der Waals surface area contributed by atoms with Gasteiger partial charge in [-0.25, -0.2) is 0 Å². The summed E-state index contributed by atoms with van der Waals surface area (Å²) in [5.74, 6) is 0. The fourth-order valence-electron chi connectivity index (χ4n) is 2.66. The number of rotatable bonds is 6. The van der Waals surface area contributed by atoms with E-state index in [1.807, 2.05) is 0 Å². The third-order valence-corrected chi connectivity index (χ3v) is 3.70. The molecule has 2 aliphatic heterocycles. The molecule has 0 bridgehead atoms. The van der Waals surface area contributed by atoms with E-state index in [0.717, 1.165) is 19.6 Å². The summed E-state index contributed by atoms with van der Waals surface area (Å²) in [5, 5.41) is 8.79.